The largest absolute Gasteiger partial charge is 0.396 e. The van der Waals surface area contributed by atoms with Gasteiger partial charge in [-0.2, -0.15) is 0 Å². The first-order valence-electron chi connectivity index (χ1n) is 6.03. The van der Waals surface area contributed by atoms with Crippen molar-refractivity contribution in [2.45, 2.75) is 19.8 Å². The molecule has 0 aliphatic rings. The van der Waals surface area contributed by atoms with Gasteiger partial charge in [-0.15, -0.1) is 0 Å². The minimum atomic E-state index is -0.353. The lowest BCUT2D eigenvalue weighted by molar-refractivity contribution is 0.0944. The third kappa shape index (κ3) is 4.53. The summed E-state index contributed by atoms with van der Waals surface area (Å²) in [5.41, 5.74) is 0.190. The first kappa shape index (κ1) is 16.6. The quantitative estimate of drug-likeness (QED) is 0.782. The number of amides is 1. The lowest BCUT2D eigenvalue weighted by Gasteiger charge is -2.15. The van der Waals surface area contributed by atoms with Crippen molar-refractivity contribution in [2.24, 2.45) is 5.92 Å². The Kier molecular flexibility index (Phi) is 6.94. The normalized spacial score (nSPS) is 12.3. The maximum atomic E-state index is 12.1. The summed E-state index contributed by atoms with van der Waals surface area (Å²) in [7, 11) is 0. The molecule has 0 aliphatic heterocycles. The third-order valence-corrected chi connectivity index (χ3v) is 4.06. The lowest BCUT2D eigenvalue weighted by Crippen LogP contribution is -2.30. The Hall–Kier alpha value is -0.480. The van der Waals surface area contributed by atoms with Gasteiger partial charge in [0.1, 0.15) is 0 Å². The molecule has 19 heavy (non-hydrogen) atoms. The summed E-state index contributed by atoms with van der Waals surface area (Å²) >= 11 is 17.8. The molecule has 0 aliphatic carbocycles. The van der Waals surface area contributed by atoms with E-state index in [1.54, 1.807) is 6.07 Å². The standard InChI is InChI=1S/C13H16Cl3NO2/c1-2-8(5-6-18)7-17-13(19)11-9(14)3-4-10(15)12(11)16/h3-4,8,18H,2,5-7H2,1H3,(H,17,19). The van der Waals surface area contributed by atoms with E-state index in [4.69, 9.17) is 39.9 Å². The van der Waals surface area contributed by atoms with Crippen LogP contribution >= 0.6 is 34.8 Å². The highest BCUT2D eigenvalue weighted by Crippen LogP contribution is 2.31. The summed E-state index contributed by atoms with van der Waals surface area (Å²) < 4.78 is 0. The van der Waals surface area contributed by atoms with Gasteiger partial charge in [0.15, 0.2) is 0 Å². The minimum Gasteiger partial charge on any atom is -0.396 e. The molecular formula is C13H16Cl3NO2. The van der Waals surface area contributed by atoms with Crippen LogP contribution in [0.2, 0.25) is 15.1 Å². The Bertz CT molecular complexity index is 452. The van der Waals surface area contributed by atoms with Gasteiger partial charge >= 0.3 is 0 Å². The van der Waals surface area contributed by atoms with Crippen molar-refractivity contribution in [3.8, 4) is 0 Å². The Balaban J connectivity index is 2.76. The van der Waals surface area contributed by atoms with Gasteiger partial charge in [0.05, 0.1) is 20.6 Å². The van der Waals surface area contributed by atoms with Gasteiger partial charge in [-0.3, -0.25) is 4.79 Å². The summed E-state index contributed by atoms with van der Waals surface area (Å²) in [6.07, 6.45) is 1.52. The molecule has 0 saturated carbocycles. The molecule has 3 nitrogen and oxygen atoms in total. The van der Waals surface area contributed by atoms with E-state index in [0.29, 0.717) is 18.0 Å². The highest BCUT2D eigenvalue weighted by Gasteiger charge is 2.18. The molecule has 2 N–H and O–H groups in total. The van der Waals surface area contributed by atoms with Crippen LogP contribution in [0, 0.1) is 5.92 Å². The topological polar surface area (TPSA) is 49.3 Å². The molecule has 0 saturated heterocycles. The van der Waals surface area contributed by atoms with Crippen molar-refractivity contribution in [2.75, 3.05) is 13.2 Å². The number of aliphatic hydroxyl groups excluding tert-OH is 1. The van der Waals surface area contributed by atoms with Crippen LogP contribution in [0.25, 0.3) is 0 Å². The van der Waals surface area contributed by atoms with Gasteiger partial charge in [0.2, 0.25) is 0 Å². The van der Waals surface area contributed by atoms with Gasteiger partial charge < -0.3 is 10.4 Å². The van der Waals surface area contributed by atoms with Crippen molar-refractivity contribution >= 4 is 40.7 Å². The second-order valence-electron chi connectivity index (χ2n) is 4.21. The SMILES string of the molecule is CCC(CCO)CNC(=O)c1c(Cl)ccc(Cl)c1Cl. The number of rotatable bonds is 6. The first-order valence-corrected chi connectivity index (χ1v) is 7.17. The van der Waals surface area contributed by atoms with E-state index in [0.717, 1.165) is 6.42 Å². The first-order chi connectivity index (χ1) is 9.01. The summed E-state index contributed by atoms with van der Waals surface area (Å²) in [5.74, 6) is -0.125. The van der Waals surface area contributed by atoms with Crippen LogP contribution in [0.5, 0.6) is 0 Å². The van der Waals surface area contributed by atoms with Crippen LogP contribution in [0.3, 0.4) is 0 Å². The van der Waals surface area contributed by atoms with Crippen LogP contribution in [-0.4, -0.2) is 24.2 Å². The average molecular weight is 325 g/mol. The fraction of sp³-hybridized carbons (Fsp3) is 0.462. The van der Waals surface area contributed by atoms with Crippen LogP contribution in [0.1, 0.15) is 30.1 Å². The maximum Gasteiger partial charge on any atom is 0.254 e. The second kappa shape index (κ2) is 7.95. The number of hydrogen-bond acceptors (Lipinski definition) is 2. The zero-order valence-corrected chi connectivity index (χ0v) is 12.8. The predicted octanol–water partition coefficient (Wildman–Crippen LogP) is 3.79. The van der Waals surface area contributed by atoms with Gasteiger partial charge in [-0.05, 0) is 24.5 Å². The van der Waals surface area contributed by atoms with Gasteiger partial charge in [0.25, 0.3) is 5.91 Å². The number of aliphatic hydroxyl groups is 1. The fourth-order valence-corrected chi connectivity index (χ4v) is 2.39. The molecular weight excluding hydrogens is 309 g/mol. The van der Waals surface area contributed by atoms with Crippen LogP contribution in [-0.2, 0) is 0 Å². The van der Waals surface area contributed by atoms with E-state index >= 15 is 0 Å². The highest BCUT2D eigenvalue weighted by atomic mass is 35.5. The molecule has 0 spiro atoms. The molecule has 1 aromatic rings. The predicted molar refractivity (Wildman–Crippen MR) is 79.3 cm³/mol. The monoisotopic (exact) mass is 323 g/mol. The van der Waals surface area contributed by atoms with Gasteiger partial charge in [0, 0.05) is 13.2 Å². The molecule has 1 unspecified atom stereocenters. The van der Waals surface area contributed by atoms with E-state index in [1.165, 1.54) is 6.07 Å². The molecule has 0 aromatic heterocycles. The molecule has 0 bridgehead atoms. The Morgan fingerprint density at radius 3 is 2.53 bits per heavy atom. The van der Waals surface area contributed by atoms with Crippen molar-refractivity contribution in [3.63, 3.8) is 0 Å². The summed E-state index contributed by atoms with van der Waals surface area (Å²) in [5, 5.41) is 12.4. The lowest BCUT2D eigenvalue weighted by atomic mass is 10.0. The number of benzene rings is 1. The van der Waals surface area contributed by atoms with Gasteiger partial charge in [-0.1, -0.05) is 48.1 Å². The van der Waals surface area contributed by atoms with Crippen LogP contribution in [0.15, 0.2) is 12.1 Å². The summed E-state index contributed by atoms with van der Waals surface area (Å²) in [6, 6.07) is 3.08. The zero-order chi connectivity index (χ0) is 14.4. The average Bonchev–Trinajstić information content (AvgIpc) is 2.39. The number of nitrogens with one attached hydrogen (secondary N) is 1. The zero-order valence-electron chi connectivity index (χ0n) is 10.5. The summed E-state index contributed by atoms with van der Waals surface area (Å²) in [6.45, 7) is 2.58. The molecule has 0 radical (unpaired) electrons. The Morgan fingerprint density at radius 1 is 1.32 bits per heavy atom. The van der Waals surface area contributed by atoms with Crippen molar-refractivity contribution in [1.82, 2.24) is 5.32 Å². The maximum absolute atomic E-state index is 12.1. The van der Waals surface area contributed by atoms with Gasteiger partial charge in [-0.25, -0.2) is 0 Å². The molecule has 0 heterocycles. The third-order valence-electron chi connectivity index (χ3n) is 2.94. The molecule has 106 valence electrons. The van der Waals surface area contributed by atoms with E-state index in [2.05, 4.69) is 5.32 Å². The highest BCUT2D eigenvalue weighted by molar-refractivity contribution is 6.46. The number of carbonyl (C=O) groups excluding carboxylic acids is 1. The number of halogens is 3. The van der Waals surface area contributed by atoms with Crippen molar-refractivity contribution in [3.05, 3.63) is 32.8 Å². The molecule has 1 amide bonds. The van der Waals surface area contributed by atoms with E-state index in [-0.39, 0.29) is 34.0 Å². The van der Waals surface area contributed by atoms with Crippen molar-refractivity contribution in [1.29, 1.82) is 0 Å². The summed E-state index contributed by atoms with van der Waals surface area (Å²) in [4.78, 5) is 12.1. The fourth-order valence-electron chi connectivity index (χ4n) is 1.69. The molecule has 0 fully saturated rings. The van der Waals surface area contributed by atoms with Crippen LogP contribution in [0.4, 0.5) is 0 Å². The molecule has 6 heteroatoms. The van der Waals surface area contributed by atoms with E-state index in [1.807, 2.05) is 6.92 Å². The Morgan fingerprint density at radius 2 is 1.95 bits per heavy atom. The minimum absolute atomic E-state index is 0.104. The number of carbonyl (C=O) groups is 1. The molecule has 1 aromatic carbocycles. The van der Waals surface area contributed by atoms with Crippen LogP contribution < -0.4 is 5.32 Å². The number of hydrogen-bond donors (Lipinski definition) is 2. The second-order valence-corrected chi connectivity index (χ2v) is 5.41. The molecule has 1 atom stereocenters. The smallest absolute Gasteiger partial charge is 0.254 e. The Labute approximate surface area is 127 Å². The molecule has 1 rings (SSSR count). The van der Waals surface area contributed by atoms with E-state index in [9.17, 15) is 4.79 Å². The van der Waals surface area contributed by atoms with Crippen molar-refractivity contribution < 1.29 is 9.90 Å². The van der Waals surface area contributed by atoms with E-state index < -0.39 is 0 Å².